The van der Waals surface area contributed by atoms with Gasteiger partial charge < -0.3 is 15.2 Å². The van der Waals surface area contributed by atoms with Crippen LogP contribution in [0.25, 0.3) is 0 Å². The lowest BCUT2D eigenvalue weighted by molar-refractivity contribution is 0.0955. The Balaban J connectivity index is 2.03. The number of hydrogen-bond donors (Lipinski definition) is 2. The topological polar surface area (TPSA) is 41.5 Å². The van der Waals surface area contributed by atoms with Crippen LogP contribution in [0.15, 0.2) is 0 Å². The van der Waals surface area contributed by atoms with Crippen LogP contribution in [0.4, 0.5) is 0 Å². The molecule has 1 fully saturated rings. The fraction of sp³-hybridized carbons (Fsp3) is 1.00. The SMILES string of the molecule is CCNCCC1CC(CO)CO1. The van der Waals surface area contributed by atoms with Gasteiger partial charge in [0.15, 0.2) is 0 Å². The second-order valence-electron chi connectivity index (χ2n) is 3.38. The van der Waals surface area contributed by atoms with E-state index < -0.39 is 0 Å². The van der Waals surface area contributed by atoms with Crippen molar-refractivity contribution < 1.29 is 9.84 Å². The molecular formula is C9H19NO2. The molecule has 3 heteroatoms. The summed E-state index contributed by atoms with van der Waals surface area (Å²) in [4.78, 5) is 0. The predicted molar refractivity (Wildman–Crippen MR) is 48.1 cm³/mol. The molecule has 0 aromatic heterocycles. The zero-order valence-electron chi connectivity index (χ0n) is 7.75. The van der Waals surface area contributed by atoms with E-state index in [1.165, 1.54) is 0 Å². The van der Waals surface area contributed by atoms with Crippen LogP contribution in [0.2, 0.25) is 0 Å². The maximum absolute atomic E-state index is 8.86. The van der Waals surface area contributed by atoms with Crippen molar-refractivity contribution in [2.45, 2.75) is 25.9 Å². The number of nitrogens with one attached hydrogen (secondary N) is 1. The molecule has 72 valence electrons. The third kappa shape index (κ3) is 3.09. The van der Waals surface area contributed by atoms with Gasteiger partial charge in [0.1, 0.15) is 0 Å². The molecule has 0 aliphatic carbocycles. The predicted octanol–water partition coefficient (Wildman–Crippen LogP) is 0.383. The Labute approximate surface area is 74.1 Å². The van der Waals surface area contributed by atoms with Crippen LogP contribution in [-0.4, -0.2) is 37.5 Å². The lowest BCUT2D eigenvalue weighted by Gasteiger charge is -2.08. The van der Waals surface area contributed by atoms with Gasteiger partial charge in [0.2, 0.25) is 0 Å². The molecule has 0 spiro atoms. The van der Waals surface area contributed by atoms with Gasteiger partial charge in [-0.25, -0.2) is 0 Å². The van der Waals surface area contributed by atoms with E-state index in [9.17, 15) is 0 Å². The van der Waals surface area contributed by atoms with Gasteiger partial charge in [-0.2, -0.15) is 0 Å². The van der Waals surface area contributed by atoms with E-state index in [0.717, 1.165) is 32.5 Å². The summed E-state index contributed by atoms with van der Waals surface area (Å²) in [7, 11) is 0. The van der Waals surface area contributed by atoms with Crippen LogP contribution in [0.3, 0.4) is 0 Å². The number of aliphatic hydroxyl groups is 1. The average Bonchev–Trinajstić information content (AvgIpc) is 2.53. The van der Waals surface area contributed by atoms with Crippen molar-refractivity contribution in [2.75, 3.05) is 26.3 Å². The van der Waals surface area contributed by atoms with Gasteiger partial charge in [-0.1, -0.05) is 6.92 Å². The molecule has 1 aliphatic heterocycles. The lowest BCUT2D eigenvalue weighted by Crippen LogP contribution is -2.19. The maximum Gasteiger partial charge on any atom is 0.0591 e. The molecule has 1 aliphatic rings. The van der Waals surface area contributed by atoms with Gasteiger partial charge in [0, 0.05) is 12.5 Å². The van der Waals surface area contributed by atoms with Gasteiger partial charge >= 0.3 is 0 Å². The molecule has 2 unspecified atom stereocenters. The molecule has 0 radical (unpaired) electrons. The monoisotopic (exact) mass is 173 g/mol. The molecule has 12 heavy (non-hydrogen) atoms. The molecule has 0 amide bonds. The van der Waals surface area contributed by atoms with Crippen molar-refractivity contribution in [1.82, 2.24) is 5.32 Å². The highest BCUT2D eigenvalue weighted by molar-refractivity contribution is 4.73. The normalized spacial score (nSPS) is 29.5. The summed E-state index contributed by atoms with van der Waals surface area (Å²) in [6.45, 7) is 5.17. The minimum atomic E-state index is 0.276. The first kappa shape index (κ1) is 9.96. The Hall–Kier alpha value is -0.120. The molecule has 0 aromatic rings. The van der Waals surface area contributed by atoms with E-state index in [-0.39, 0.29) is 6.61 Å². The first-order valence-corrected chi connectivity index (χ1v) is 4.80. The molecule has 0 bridgehead atoms. The van der Waals surface area contributed by atoms with E-state index in [2.05, 4.69) is 12.2 Å². The molecule has 0 aromatic carbocycles. The fourth-order valence-corrected chi connectivity index (χ4v) is 1.55. The van der Waals surface area contributed by atoms with Gasteiger partial charge in [0.25, 0.3) is 0 Å². The summed E-state index contributed by atoms with van der Waals surface area (Å²) in [5.74, 6) is 0.386. The number of hydrogen-bond acceptors (Lipinski definition) is 3. The Kier molecular flexibility index (Phi) is 4.58. The van der Waals surface area contributed by atoms with Crippen LogP contribution in [-0.2, 0) is 4.74 Å². The Morgan fingerprint density at radius 3 is 3.00 bits per heavy atom. The first-order chi connectivity index (χ1) is 5.86. The third-order valence-corrected chi connectivity index (χ3v) is 2.32. The van der Waals surface area contributed by atoms with Crippen molar-refractivity contribution in [2.24, 2.45) is 5.92 Å². The van der Waals surface area contributed by atoms with Crippen molar-refractivity contribution in [1.29, 1.82) is 0 Å². The number of ether oxygens (including phenoxy) is 1. The van der Waals surface area contributed by atoms with Crippen LogP contribution in [0, 0.1) is 5.92 Å². The molecule has 1 rings (SSSR count). The average molecular weight is 173 g/mol. The van der Waals surface area contributed by atoms with Crippen LogP contribution in [0.1, 0.15) is 19.8 Å². The summed E-state index contributed by atoms with van der Waals surface area (Å²) < 4.78 is 5.50. The standard InChI is InChI=1S/C9H19NO2/c1-2-10-4-3-9-5-8(6-11)7-12-9/h8-11H,2-7H2,1H3. The summed E-state index contributed by atoms with van der Waals surface area (Å²) in [5.41, 5.74) is 0. The molecule has 3 nitrogen and oxygen atoms in total. The Morgan fingerprint density at radius 1 is 1.58 bits per heavy atom. The van der Waals surface area contributed by atoms with Gasteiger partial charge in [-0.3, -0.25) is 0 Å². The van der Waals surface area contributed by atoms with E-state index >= 15 is 0 Å². The third-order valence-electron chi connectivity index (χ3n) is 2.32. The highest BCUT2D eigenvalue weighted by Gasteiger charge is 2.23. The first-order valence-electron chi connectivity index (χ1n) is 4.80. The van der Waals surface area contributed by atoms with Gasteiger partial charge in [-0.05, 0) is 25.9 Å². The highest BCUT2D eigenvalue weighted by atomic mass is 16.5. The number of aliphatic hydroxyl groups excluding tert-OH is 1. The molecule has 2 N–H and O–H groups in total. The largest absolute Gasteiger partial charge is 0.396 e. The molecule has 0 saturated carbocycles. The molecule has 1 saturated heterocycles. The smallest absolute Gasteiger partial charge is 0.0591 e. The van der Waals surface area contributed by atoms with Crippen LogP contribution >= 0.6 is 0 Å². The zero-order chi connectivity index (χ0) is 8.81. The van der Waals surface area contributed by atoms with Crippen molar-refractivity contribution in [3.63, 3.8) is 0 Å². The molecule has 1 heterocycles. The zero-order valence-corrected chi connectivity index (χ0v) is 7.75. The Bertz CT molecular complexity index is 119. The molecule has 2 atom stereocenters. The van der Waals surface area contributed by atoms with E-state index in [1.807, 2.05) is 0 Å². The minimum Gasteiger partial charge on any atom is -0.396 e. The second kappa shape index (κ2) is 5.51. The van der Waals surface area contributed by atoms with Crippen molar-refractivity contribution in [3.05, 3.63) is 0 Å². The van der Waals surface area contributed by atoms with Crippen LogP contribution in [0.5, 0.6) is 0 Å². The summed E-state index contributed by atoms with van der Waals surface area (Å²) in [6.07, 6.45) is 2.48. The van der Waals surface area contributed by atoms with E-state index in [1.54, 1.807) is 0 Å². The summed E-state index contributed by atoms with van der Waals surface area (Å²) in [6, 6.07) is 0. The maximum atomic E-state index is 8.86. The van der Waals surface area contributed by atoms with E-state index in [0.29, 0.717) is 12.0 Å². The number of rotatable bonds is 5. The minimum absolute atomic E-state index is 0.276. The van der Waals surface area contributed by atoms with Gasteiger partial charge in [-0.15, -0.1) is 0 Å². The van der Waals surface area contributed by atoms with Crippen molar-refractivity contribution >= 4 is 0 Å². The fourth-order valence-electron chi connectivity index (χ4n) is 1.55. The quantitative estimate of drug-likeness (QED) is 0.591. The highest BCUT2D eigenvalue weighted by Crippen LogP contribution is 2.20. The Morgan fingerprint density at radius 2 is 2.42 bits per heavy atom. The summed E-state index contributed by atoms with van der Waals surface area (Å²) >= 11 is 0. The lowest BCUT2D eigenvalue weighted by atomic mass is 10.1. The van der Waals surface area contributed by atoms with Crippen molar-refractivity contribution in [3.8, 4) is 0 Å². The van der Waals surface area contributed by atoms with Gasteiger partial charge in [0.05, 0.1) is 12.7 Å². The second-order valence-corrected chi connectivity index (χ2v) is 3.38. The van der Waals surface area contributed by atoms with Crippen LogP contribution < -0.4 is 5.32 Å². The molecular weight excluding hydrogens is 154 g/mol. The summed E-state index contributed by atoms with van der Waals surface area (Å²) in [5, 5.41) is 12.1. The van der Waals surface area contributed by atoms with E-state index in [4.69, 9.17) is 9.84 Å².